The minimum atomic E-state index is -0.732. The van der Waals surface area contributed by atoms with E-state index in [1.54, 1.807) is 31.9 Å². The van der Waals surface area contributed by atoms with Gasteiger partial charge in [-0.25, -0.2) is 4.98 Å². The highest BCUT2D eigenvalue weighted by Gasteiger charge is 2.14. The molecule has 152 valence electrons. The lowest BCUT2D eigenvalue weighted by Crippen LogP contribution is -2.18. The normalized spacial score (nSPS) is 12.7. The van der Waals surface area contributed by atoms with Gasteiger partial charge in [0.05, 0.1) is 23.9 Å². The molecule has 0 saturated heterocycles. The Labute approximate surface area is 175 Å². The number of amides is 1. The predicted octanol–water partition coefficient (Wildman–Crippen LogP) is 4.99. The van der Waals surface area contributed by atoms with Gasteiger partial charge in [0.1, 0.15) is 18.3 Å². The number of anilines is 1. The maximum Gasteiger partial charge on any atom is 0.241 e. The van der Waals surface area contributed by atoms with Crippen LogP contribution in [0.1, 0.15) is 26.5 Å². The molecule has 0 aliphatic heterocycles. The fourth-order valence-corrected chi connectivity index (χ4v) is 3.12. The summed E-state index contributed by atoms with van der Waals surface area (Å²) >= 11 is 1.59. The van der Waals surface area contributed by atoms with Gasteiger partial charge >= 0.3 is 0 Å². The molecule has 7 heteroatoms. The first-order chi connectivity index (χ1) is 14.0. The largest absolute Gasteiger partial charge is 0.490 e. The molecule has 1 N–H and O–H groups in total. The predicted molar refractivity (Wildman–Crippen MR) is 119 cm³/mol. The van der Waals surface area contributed by atoms with E-state index in [2.05, 4.69) is 5.32 Å². The number of allylic oxidation sites excluding steroid dienone is 2. The molecular formula is C22H25N3O3S. The first-order valence-electron chi connectivity index (χ1n) is 9.25. The molecule has 2 rings (SSSR count). The van der Waals surface area contributed by atoms with Crippen LogP contribution in [0.25, 0.3) is 15.8 Å². The molecule has 0 fully saturated rings. The van der Waals surface area contributed by atoms with Gasteiger partial charge in [0.2, 0.25) is 5.91 Å². The van der Waals surface area contributed by atoms with Crippen molar-refractivity contribution in [3.05, 3.63) is 47.5 Å². The zero-order valence-electron chi connectivity index (χ0n) is 17.1. The first-order valence-corrected chi connectivity index (χ1v) is 10.1. The molecule has 0 aliphatic rings. The van der Waals surface area contributed by atoms with Gasteiger partial charge in [0.25, 0.3) is 0 Å². The molecule has 1 heterocycles. The molecule has 2 aromatic rings. The monoisotopic (exact) mass is 411 g/mol. The van der Waals surface area contributed by atoms with Gasteiger partial charge in [0, 0.05) is 29.2 Å². The van der Waals surface area contributed by atoms with Crippen LogP contribution in [0.2, 0.25) is 0 Å². The Hall–Kier alpha value is -2.82. The number of hydrogen-bond acceptors (Lipinski definition) is 6. The number of methoxy groups -OCH3 is 1. The van der Waals surface area contributed by atoms with Gasteiger partial charge in [-0.15, -0.1) is 0 Å². The van der Waals surface area contributed by atoms with Crippen LogP contribution in [-0.2, 0) is 9.53 Å². The fourth-order valence-electron chi connectivity index (χ4n) is 2.48. The third-order valence-electron chi connectivity index (χ3n) is 4.02. The number of nitrogens with one attached hydrogen (secondary N) is 1. The van der Waals surface area contributed by atoms with E-state index < -0.39 is 5.92 Å². The number of benzene rings is 1. The van der Waals surface area contributed by atoms with Gasteiger partial charge in [-0.05, 0) is 44.4 Å². The quantitative estimate of drug-likeness (QED) is 0.586. The second kappa shape index (κ2) is 11.2. The highest BCUT2D eigenvalue weighted by molar-refractivity contribution is 8.10. The van der Waals surface area contributed by atoms with Gasteiger partial charge < -0.3 is 14.8 Å². The topological polar surface area (TPSA) is 84.2 Å². The standard InChI is InChI=1S/C22H25N3O3S/c1-5-11-29-21(6-2)19-13-20(28-10-9-27-4)17-12-16(7-8-18(17)25-19)24-22(26)15(3)14-23/h5-8,11-13,15H,9-10H2,1-4H3,(H,24,26)/b11-5-,21-6-. The average molecular weight is 412 g/mol. The van der Waals surface area contributed by atoms with Crippen molar-refractivity contribution in [2.24, 2.45) is 5.92 Å². The number of aromatic nitrogens is 1. The van der Waals surface area contributed by atoms with Gasteiger partial charge in [-0.1, -0.05) is 23.9 Å². The van der Waals surface area contributed by atoms with Gasteiger partial charge in [-0.3, -0.25) is 4.79 Å². The van der Waals surface area contributed by atoms with E-state index in [1.807, 2.05) is 55.7 Å². The van der Waals surface area contributed by atoms with E-state index in [1.165, 1.54) is 0 Å². The molecule has 1 amide bonds. The Bertz CT molecular complexity index is 964. The average Bonchev–Trinajstić information content (AvgIpc) is 2.74. The van der Waals surface area contributed by atoms with Crippen molar-refractivity contribution in [2.45, 2.75) is 20.8 Å². The number of thioether (sulfide) groups is 1. The number of rotatable bonds is 9. The van der Waals surface area contributed by atoms with E-state index in [0.717, 1.165) is 21.5 Å². The van der Waals surface area contributed by atoms with Crippen LogP contribution < -0.4 is 10.1 Å². The van der Waals surface area contributed by atoms with Crippen molar-refractivity contribution in [1.29, 1.82) is 5.26 Å². The minimum absolute atomic E-state index is 0.350. The van der Waals surface area contributed by atoms with Gasteiger partial charge in [-0.2, -0.15) is 5.26 Å². The Morgan fingerprint density at radius 3 is 2.79 bits per heavy atom. The molecule has 0 spiro atoms. The third-order valence-corrected chi connectivity index (χ3v) is 5.12. The Kier molecular flexibility index (Phi) is 8.71. The molecule has 29 heavy (non-hydrogen) atoms. The highest BCUT2D eigenvalue weighted by Crippen LogP contribution is 2.34. The molecule has 1 atom stereocenters. The number of hydrogen-bond donors (Lipinski definition) is 1. The van der Waals surface area contributed by atoms with Crippen LogP contribution in [0.5, 0.6) is 5.75 Å². The first kappa shape index (κ1) is 22.5. The van der Waals surface area contributed by atoms with Crippen LogP contribution in [0.3, 0.4) is 0 Å². The maximum absolute atomic E-state index is 12.0. The van der Waals surface area contributed by atoms with Crippen molar-refractivity contribution in [1.82, 2.24) is 4.98 Å². The molecule has 0 radical (unpaired) electrons. The Morgan fingerprint density at radius 1 is 1.34 bits per heavy atom. The van der Waals surface area contributed by atoms with E-state index >= 15 is 0 Å². The molecule has 1 unspecified atom stereocenters. The molecule has 1 aromatic carbocycles. The minimum Gasteiger partial charge on any atom is -0.490 e. The van der Waals surface area contributed by atoms with Crippen molar-refractivity contribution >= 4 is 39.2 Å². The molecule has 1 aromatic heterocycles. The van der Waals surface area contributed by atoms with E-state index in [9.17, 15) is 4.79 Å². The zero-order chi connectivity index (χ0) is 21.2. The summed E-state index contributed by atoms with van der Waals surface area (Å²) < 4.78 is 11.0. The highest BCUT2D eigenvalue weighted by atomic mass is 32.2. The van der Waals surface area contributed by atoms with Crippen LogP contribution in [0.4, 0.5) is 5.69 Å². The second-order valence-corrected chi connectivity index (χ2v) is 7.11. The van der Waals surface area contributed by atoms with Crippen molar-refractivity contribution in [3.8, 4) is 11.8 Å². The second-order valence-electron chi connectivity index (χ2n) is 6.16. The van der Waals surface area contributed by atoms with Crippen LogP contribution in [-0.4, -0.2) is 31.2 Å². The lowest BCUT2D eigenvalue weighted by Gasteiger charge is -2.14. The van der Waals surface area contributed by atoms with Crippen LogP contribution in [0, 0.1) is 17.2 Å². The molecule has 6 nitrogen and oxygen atoms in total. The van der Waals surface area contributed by atoms with Crippen LogP contribution in [0.15, 0.2) is 41.8 Å². The number of nitrogens with zero attached hydrogens (tertiary/aromatic N) is 2. The number of carbonyl (C=O) groups excluding carboxylic acids is 1. The SMILES string of the molecule is C/C=C\S/C(=C\C)c1cc(OCCOC)c2cc(NC(=O)C(C)C#N)ccc2n1. The van der Waals surface area contributed by atoms with Crippen LogP contribution >= 0.6 is 11.8 Å². The number of nitriles is 1. The van der Waals surface area contributed by atoms with E-state index in [0.29, 0.717) is 24.7 Å². The Morgan fingerprint density at radius 2 is 2.14 bits per heavy atom. The molecular weight excluding hydrogens is 386 g/mol. The summed E-state index contributed by atoms with van der Waals surface area (Å²) in [6, 6.07) is 9.25. The fraction of sp³-hybridized carbons (Fsp3) is 0.318. The van der Waals surface area contributed by atoms with Crippen molar-refractivity contribution < 1.29 is 14.3 Å². The Balaban J connectivity index is 2.47. The molecule has 0 aliphatic carbocycles. The third kappa shape index (κ3) is 6.08. The molecule has 0 saturated carbocycles. The van der Waals surface area contributed by atoms with Gasteiger partial charge in [0.15, 0.2) is 0 Å². The number of ether oxygens (including phenoxy) is 2. The summed E-state index contributed by atoms with van der Waals surface area (Å²) in [5.74, 6) is -0.423. The van der Waals surface area contributed by atoms with E-state index in [-0.39, 0.29) is 5.91 Å². The van der Waals surface area contributed by atoms with E-state index in [4.69, 9.17) is 19.7 Å². The number of pyridine rings is 1. The molecule has 0 bridgehead atoms. The smallest absolute Gasteiger partial charge is 0.241 e. The number of carbonyl (C=O) groups is 1. The summed E-state index contributed by atoms with van der Waals surface area (Å²) in [5, 5.41) is 14.5. The van der Waals surface area contributed by atoms with Crippen molar-refractivity contribution in [2.75, 3.05) is 25.6 Å². The lowest BCUT2D eigenvalue weighted by molar-refractivity contribution is -0.117. The zero-order valence-corrected chi connectivity index (χ0v) is 17.9. The van der Waals surface area contributed by atoms with Crippen molar-refractivity contribution in [3.63, 3.8) is 0 Å². The lowest BCUT2D eigenvalue weighted by atomic mass is 10.1. The summed E-state index contributed by atoms with van der Waals surface area (Å²) in [6.45, 7) is 6.35. The number of fused-ring (bicyclic) bond motifs is 1. The maximum atomic E-state index is 12.0. The summed E-state index contributed by atoms with van der Waals surface area (Å²) in [6.07, 6.45) is 3.98. The summed E-state index contributed by atoms with van der Waals surface area (Å²) in [7, 11) is 1.62. The summed E-state index contributed by atoms with van der Waals surface area (Å²) in [5.41, 5.74) is 2.15. The summed E-state index contributed by atoms with van der Waals surface area (Å²) in [4.78, 5) is 17.8.